The molecule has 1 atom stereocenters. The molecule has 0 aliphatic carbocycles. The van der Waals surface area contributed by atoms with Crippen LogP contribution in [0.15, 0.2) is 34.2 Å². The number of hydrogen-bond donors (Lipinski definition) is 2. The van der Waals surface area contributed by atoms with E-state index in [-0.39, 0.29) is 5.91 Å². The molecule has 0 bridgehead atoms. The minimum atomic E-state index is -0.0903. The van der Waals surface area contributed by atoms with Gasteiger partial charge in [-0.25, -0.2) is 15.0 Å². The first-order valence-corrected chi connectivity index (χ1v) is 10.6. The number of carbonyl (C=O) groups excluding carboxylic acids is 1. The Morgan fingerprint density at radius 1 is 1.38 bits per heavy atom. The van der Waals surface area contributed by atoms with E-state index in [1.54, 1.807) is 12.3 Å². The van der Waals surface area contributed by atoms with E-state index in [9.17, 15) is 4.79 Å². The predicted octanol–water partition coefficient (Wildman–Crippen LogP) is 2.79. The number of anilines is 1. The lowest BCUT2D eigenvalue weighted by molar-refractivity contribution is -0.117. The number of furan rings is 1. The third-order valence-corrected chi connectivity index (χ3v) is 5.53. The van der Waals surface area contributed by atoms with Gasteiger partial charge >= 0.3 is 0 Å². The van der Waals surface area contributed by atoms with Crippen LogP contribution in [0.4, 0.5) is 5.82 Å². The van der Waals surface area contributed by atoms with Crippen molar-refractivity contribution in [1.82, 2.24) is 25.2 Å². The van der Waals surface area contributed by atoms with Gasteiger partial charge in [0.15, 0.2) is 11.6 Å². The molecule has 8 nitrogen and oxygen atoms in total. The van der Waals surface area contributed by atoms with Crippen LogP contribution in [-0.2, 0) is 4.79 Å². The van der Waals surface area contributed by atoms with Gasteiger partial charge in [-0.1, -0.05) is 6.92 Å². The monoisotopic (exact) mass is 412 g/mol. The first-order chi connectivity index (χ1) is 14.1. The van der Waals surface area contributed by atoms with Crippen molar-refractivity contribution in [3.63, 3.8) is 0 Å². The molecule has 4 heterocycles. The van der Waals surface area contributed by atoms with Crippen LogP contribution in [-0.4, -0.2) is 58.0 Å². The Kier molecular flexibility index (Phi) is 5.98. The highest BCUT2D eigenvalue weighted by molar-refractivity contribution is 7.13. The van der Waals surface area contributed by atoms with E-state index in [0.717, 1.165) is 36.8 Å². The van der Waals surface area contributed by atoms with Crippen molar-refractivity contribution < 1.29 is 9.21 Å². The number of likely N-dealkylation sites (N-methyl/N-ethyl adjacent to an activating group) is 1. The summed E-state index contributed by atoms with van der Waals surface area (Å²) in [7, 11) is 0. The molecular weight excluding hydrogens is 388 g/mol. The SMILES string of the molecule is CCN[C@@H]1CCN(CC(=O)Nc2cc(-c3nccs3)nc(-c3ccc(C)o3)n2)C1. The number of carbonyl (C=O) groups is 1. The molecule has 0 spiro atoms. The first-order valence-electron chi connectivity index (χ1n) is 9.72. The fourth-order valence-corrected chi connectivity index (χ4v) is 4.05. The van der Waals surface area contributed by atoms with Crippen molar-refractivity contribution in [2.75, 3.05) is 31.5 Å². The van der Waals surface area contributed by atoms with E-state index in [4.69, 9.17) is 4.42 Å². The molecule has 29 heavy (non-hydrogen) atoms. The zero-order valence-corrected chi connectivity index (χ0v) is 17.3. The smallest absolute Gasteiger partial charge is 0.239 e. The molecule has 9 heteroatoms. The maximum Gasteiger partial charge on any atom is 0.239 e. The van der Waals surface area contributed by atoms with Crippen LogP contribution in [0.25, 0.3) is 22.3 Å². The second kappa shape index (κ2) is 8.81. The summed E-state index contributed by atoms with van der Waals surface area (Å²) in [5, 5.41) is 9.01. The summed E-state index contributed by atoms with van der Waals surface area (Å²) in [5.74, 6) is 2.12. The molecule has 4 rings (SSSR count). The number of aryl methyl sites for hydroxylation is 1. The number of rotatable bonds is 7. The van der Waals surface area contributed by atoms with Gasteiger partial charge in [0.2, 0.25) is 5.91 Å². The summed E-state index contributed by atoms with van der Waals surface area (Å²) in [6.07, 6.45) is 2.79. The van der Waals surface area contributed by atoms with Gasteiger partial charge in [-0.05, 0) is 32.0 Å². The molecular formula is C20H24N6O2S. The molecule has 1 amide bonds. The van der Waals surface area contributed by atoms with Crippen molar-refractivity contribution in [2.45, 2.75) is 26.3 Å². The van der Waals surface area contributed by atoms with Gasteiger partial charge < -0.3 is 15.1 Å². The number of hydrogen-bond acceptors (Lipinski definition) is 8. The lowest BCUT2D eigenvalue weighted by Crippen LogP contribution is -2.36. The second-order valence-corrected chi connectivity index (χ2v) is 7.93. The van der Waals surface area contributed by atoms with Crippen LogP contribution in [0.1, 0.15) is 19.1 Å². The lowest BCUT2D eigenvalue weighted by atomic mass is 10.3. The van der Waals surface area contributed by atoms with E-state index in [1.807, 2.05) is 24.4 Å². The van der Waals surface area contributed by atoms with Crippen molar-refractivity contribution in [1.29, 1.82) is 0 Å². The maximum atomic E-state index is 12.6. The predicted molar refractivity (Wildman–Crippen MR) is 113 cm³/mol. The maximum absolute atomic E-state index is 12.6. The topological polar surface area (TPSA) is 96.2 Å². The molecule has 1 fully saturated rings. The number of amides is 1. The van der Waals surface area contributed by atoms with Gasteiger partial charge in [0, 0.05) is 36.8 Å². The third kappa shape index (κ3) is 4.87. The van der Waals surface area contributed by atoms with E-state index in [2.05, 4.69) is 37.4 Å². The van der Waals surface area contributed by atoms with Crippen LogP contribution >= 0.6 is 11.3 Å². The van der Waals surface area contributed by atoms with Crippen LogP contribution in [0, 0.1) is 6.92 Å². The van der Waals surface area contributed by atoms with Gasteiger partial charge in [0.25, 0.3) is 0 Å². The standard InChI is InChI=1S/C20H24N6O2S/c1-3-21-14-6-8-26(11-14)12-18(27)24-17-10-15(20-22-7-9-29-20)23-19(25-17)16-5-4-13(2)28-16/h4-5,7,9-10,14,21H,3,6,8,11-12H2,1-2H3,(H,23,24,25,27)/t14-/m1/s1. The van der Waals surface area contributed by atoms with Crippen molar-refractivity contribution in [2.24, 2.45) is 0 Å². The third-order valence-electron chi connectivity index (χ3n) is 4.74. The summed E-state index contributed by atoms with van der Waals surface area (Å²) in [6.45, 7) is 7.05. The van der Waals surface area contributed by atoms with Crippen LogP contribution in [0.5, 0.6) is 0 Å². The molecule has 0 saturated carbocycles. The van der Waals surface area contributed by atoms with Crippen LogP contribution in [0.2, 0.25) is 0 Å². The van der Waals surface area contributed by atoms with E-state index < -0.39 is 0 Å². The highest BCUT2D eigenvalue weighted by atomic mass is 32.1. The molecule has 152 valence electrons. The number of nitrogens with one attached hydrogen (secondary N) is 2. The fourth-order valence-electron chi connectivity index (χ4n) is 3.45. The van der Waals surface area contributed by atoms with E-state index in [1.165, 1.54) is 11.3 Å². The van der Waals surface area contributed by atoms with Crippen molar-refractivity contribution in [3.8, 4) is 22.3 Å². The molecule has 1 aliphatic rings. The summed E-state index contributed by atoms with van der Waals surface area (Å²) < 4.78 is 5.67. The first kappa shape index (κ1) is 19.7. The van der Waals surface area contributed by atoms with Crippen molar-refractivity contribution in [3.05, 3.63) is 35.5 Å². The molecule has 0 radical (unpaired) electrons. The normalized spacial score (nSPS) is 17.0. The Hall–Kier alpha value is -2.62. The highest BCUT2D eigenvalue weighted by Crippen LogP contribution is 2.26. The minimum Gasteiger partial charge on any atom is -0.458 e. The Morgan fingerprint density at radius 2 is 2.28 bits per heavy atom. The van der Waals surface area contributed by atoms with Crippen LogP contribution in [0.3, 0.4) is 0 Å². The molecule has 2 N–H and O–H groups in total. The second-order valence-electron chi connectivity index (χ2n) is 7.04. The zero-order valence-electron chi connectivity index (χ0n) is 16.5. The Balaban J connectivity index is 1.52. The van der Waals surface area contributed by atoms with Crippen molar-refractivity contribution >= 4 is 23.1 Å². The molecule has 0 aromatic carbocycles. The average Bonchev–Trinajstić information content (AvgIpc) is 3.44. The summed E-state index contributed by atoms with van der Waals surface area (Å²) >= 11 is 1.48. The summed E-state index contributed by atoms with van der Waals surface area (Å²) in [4.78, 5) is 28.2. The number of nitrogens with zero attached hydrogens (tertiary/aromatic N) is 4. The van der Waals surface area contributed by atoms with E-state index in [0.29, 0.717) is 35.7 Å². The fraction of sp³-hybridized carbons (Fsp3) is 0.400. The number of likely N-dealkylation sites (tertiary alicyclic amines) is 1. The zero-order chi connectivity index (χ0) is 20.2. The van der Waals surface area contributed by atoms with E-state index >= 15 is 0 Å². The highest BCUT2D eigenvalue weighted by Gasteiger charge is 2.23. The molecule has 3 aromatic rings. The van der Waals surface area contributed by atoms with Gasteiger partial charge in [-0.15, -0.1) is 11.3 Å². The van der Waals surface area contributed by atoms with Gasteiger partial charge in [-0.2, -0.15) is 0 Å². The van der Waals surface area contributed by atoms with Gasteiger partial charge in [0.05, 0.1) is 6.54 Å². The quantitative estimate of drug-likeness (QED) is 0.616. The Bertz CT molecular complexity index is 971. The minimum absolute atomic E-state index is 0.0903. The Labute approximate surface area is 173 Å². The largest absolute Gasteiger partial charge is 0.458 e. The Morgan fingerprint density at radius 3 is 3.00 bits per heavy atom. The molecule has 3 aromatic heterocycles. The molecule has 1 saturated heterocycles. The number of thiazole rings is 1. The van der Waals surface area contributed by atoms with Crippen LogP contribution < -0.4 is 10.6 Å². The molecule has 1 aliphatic heterocycles. The lowest BCUT2D eigenvalue weighted by Gasteiger charge is -2.16. The summed E-state index contributed by atoms with van der Waals surface area (Å²) in [5.41, 5.74) is 0.655. The average molecular weight is 413 g/mol. The van der Waals surface area contributed by atoms with Gasteiger partial charge in [0.1, 0.15) is 22.3 Å². The summed E-state index contributed by atoms with van der Waals surface area (Å²) in [6, 6.07) is 5.90. The number of aromatic nitrogens is 3. The van der Waals surface area contributed by atoms with Gasteiger partial charge in [-0.3, -0.25) is 9.69 Å². The molecule has 0 unspecified atom stereocenters.